The summed E-state index contributed by atoms with van der Waals surface area (Å²) in [5.41, 5.74) is 2.01. The van der Waals surface area contributed by atoms with Crippen molar-refractivity contribution in [2.75, 3.05) is 18.0 Å². The third-order valence-corrected chi connectivity index (χ3v) is 5.85. The third-order valence-electron chi connectivity index (χ3n) is 4.17. The lowest BCUT2D eigenvalue weighted by Gasteiger charge is -2.10. The zero-order chi connectivity index (χ0) is 15.9. The van der Waals surface area contributed by atoms with E-state index in [1.807, 2.05) is 28.4 Å². The van der Waals surface area contributed by atoms with Crippen LogP contribution in [0.25, 0.3) is 26.9 Å². The van der Waals surface area contributed by atoms with Crippen molar-refractivity contribution in [2.24, 2.45) is 0 Å². The van der Waals surface area contributed by atoms with Gasteiger partial charge in [-0.3, -0.25) is 0 Å². The number of fused-ring (bicyclic) bond motifs is 1. The van der Waals surface area contributed by atoms with Gasteiger partial charge in [0.05, 0.1) is 0 Å². The second-order valence-corrected chi connectivity index (χ2v) is 7.50. The van der Waals surface area contributed by atoms with Crippen molar-refractivity contribution in [2.45, 2.75) is 12.8 Å². The average molecular weight is 354 g/mol. The molecule has 24 heavy (non-hydrogen) atoms. The van der Waals surface area contributed by atoms with Crippen LogP contribution in [0.3, 0.4) is 0 Å². The maximum Gasteiger partial charge on any atom is 0.254 e. The Morgan fingerprint density at radius 3 is 2.71 bits per heavy atom. The van der Waals surface area contributed by atoms with E-state index in [9.17, 15) is 0 Å². The zero-order valence-electron chi connectivity index (χ0n) is 12.8. The first-order valence-electron chi connectivity index (χ1n) is 7.84. The smallest absolute Gasteiger partial charge is 0.254 e. The summed E-state index contributed by atoms with van der Waals surface area (Å²) in [5.74, 6) is 1.39. The molecule has 0 amide bonds. The summed E-state index contributed by atoms with van der Waals surface area (Å²) in [5, 5.41) is 9.75. The first-order valence-corrected chi connectivity index (χ1v) is 9.60. The summed E-state index contributed by atoms with van der Waals surface area (Å²) in [6, 6.07) is 4.15. The van der Waals surface area contributed by atoms with E-state index in [-0.39, 0.29) is 0 Å². The lowest BCUT2D eigenvalue weighted by atomic mass is 10.2. The predicted molar refractivity (Wildman–Crippen MR) is 96.7 cm³/mol. The molecule has 120 valence electrons. The number of aromatic nitrogens is 5. The molecular formula is C16H14N6S2. The molecule has 0 spiro atoms. The Morgan fingerprint density at radius 2 is 1.96 bits per heavy atom. The van der Waals surface area contributed by atoms with Crippen molar-refractivity contribution in [1.29, 1.82) is 0 Å². The van der Waals surface area contributed by atoms with E-state index in [1.165, 1.54) is 12.8 Å². The average Bonchev–Trinajstić information content (AvgIpc) is 3.42. The fourth-order valence-electron chi connectivity index (χ4n) is 3.03. The van der Waals surface area contributed by atoms with Crippen LogP contribution >= 0.6 is 22.7 Å². The Bertz CT molecular complexity index is 968. The van der Waals surface area contributed by atoms with Crippen LogP contribution in [-0.2, 0) is 0 Å². The maximum absolute atomic E-state index is 4.76. The molecule has 0 unspecified atom stereocenters. The molecule has 1 aliphatic rings. The van der Waals surface area contributed by atoms with E-state index < -0.39 is 0 Å². The highest BCUT2D eigenvalue weighted by Gasteiger charge is 2.22. The molecule has 0 radical (unpaired) electrons. The van der Waals surface area contributed by atoms with Gasteiger partial charge in [-0.05, 0) is 24.3 Å². The Kier molecular flexibility index (Phi) is 3.30. The van der Waals surface area contributed by atoms with Crippen LogP contribution in [0.1, 0.15) is 12.8 Å². The van der Waals surface area contributed by atoms with Crippen molar-refractivity contribution < 1.29 is 0 Å². The lowest BCUT2D eigenvalue weighted by molar-refractivity contribution is 0.875. The van der Waals surface area contributed by atoms with Crippen LogP contribution in [0.2, 0.25) is 0 Å². The summed E-state index contributed by atoms with van der Waals surface area (Å²) >= 11 is 3.30. The minimum atomic E-state index is 0.627. The summed E-state index contributed by atoms with van der Waals surface area (Å²) < 4.78 is 1.85. The van der Waals surface area contributed by atoms with Crippen LogP contribution in [0, 0.1) is 0 Å². The highest BCUT2D eigenvalue weighted by atomic mass is 32.1. The number of hydrogen-bond acceptors (Lipinski definition) is 7. The molecule has 5 heterocycles. The minimum Gasteiger partial charge on any atom is -0.339 e. The lowest BCUT2D eigenvalue weighted by Crippen LogP contribution is -2.19. The molecule has 4 aromatic heterocycles. The van der Waals surface area contributed by atoms with Gasteiger partial charge in [0, 0.05) is 41.3 Å². The zero-order valence-corrected chi connectivity index (χ0v) is 14.4. The molecule has 0 saturated carbocycles. The van der Waals surface area contributed by atoms with E-state index in [1.54, 1.807) is 22.7 Å². The summed E-state index contributed by atoms with van der Waals surface area (Å²) in [4.78, 5) is 17.1. The summed E-state index contributed by atoms with van der Waals surface area (Å²) in [6.07, 6.45) is 6.11. The molecule has 4 aromatic rings. The van der Waals surface area contributed by atoms with Gasteiger partial charge in [-0.25, -0.2) is 9.97 Å². The molecule has 5 rings (SSSR count). The van der Waals surface area contributed by atoms with Crippen LogP contribution in [0.4, 0.5) is 5.95 Å². The highest BCUT2D eigenvalue weighted by molar-refractivity contribution is 7.14. The summed E-state index contributed by atoms with van der Waals surface area (Å²) in [7, 11) is 0. The normalized spacial score (nSPS) is 14.8. The van der Waals surface area contributed by atoms with Gasteiger partial charge >= 0.3 is 0 Å². The van der Waals surface area contributed by atoms with Crippen molar-refractivity contribution in [1.82, 2.24) is 24.6 Å². The quantitative estimate of drug-likeness (QED) is 0.563. The molecule has 1 fully saturated rings. The monoisotopic (exact) mass is 354 g/mol. The number of nitrogens with zero attached hydrogens (tertiary/aromatic N) is 6. The molecule has 0 aliphatic carbocycles. The van der Waals surface area contributed by atoms with Gasteiger partial charge in [0.1, 0.15) is 10.7 Å². The molecule has 1 saturated heterocycles. The van der Waals surface area contributed by atoms with Gasteiger partial charge in [-0.15, -0.1) is 27.8 Å². The van der Waals surface area contributed by atoms with E-state index in [0.29, 0.717) is 5.78 Å². The van der Waals surface area contributed by atoms with Crippen LogP contribution in [0.15, 0.2) is 35.3 Å². The van der Waals surface area contributed by atoms with Crippen LogP contribution in [0.5, 0.6) is 0 Å². The van der Waals surface area contributed by atoms with Gasteiger partial charge in [0.2, 0.25) is 5.95 Å². The van der Waals surface area contributed by atoms with Crippen molar-refractivity contribution in [3.05, 3.63) is 35.3 Å². The molecule has 6 nitrogen and oxygen atoms in total. The van der Waals surface area contributed by atoms with E-state index >= 15 is 0 Å². The summed E-state index contributed by atoms with van der Waals surface area (Å²) in [6.45, 7) is 2.03. The van der Waals surface area contributed by atoms with Crippen molar-refractivity contribution in [3.63, 3.8) is 0 Å². The number of anilines is 1. The van der Waals surface area contributed by atoms with Crippen LogP contribution < -0.4 is 4.90 Å². The molecule has 1 aliphatic heterocycles. The highest BCUT2D eigenvalue weighted by Crippen LogP contribution is 2.35. The van der Waals surface area contributed by atoms with E-state index in [2.05, 4.69) is 31.3 Å². The Labute approximate surface area is 146 Å². The van der Waals surface area contributed by atoms with E-state index in [0.717, 1.165) is 40.2 Å². The van der Waals surface area contributed by atoms with Gasteiger partial charge in [0.15, 0.2) is 0 Å². The Morgan fingerprint density at radius 1 is 1.04 bits per heavy atom. The topological polar surface area (TPSA) is 59.2 Å². The molecule has 0 N–H and O–H groups in total. The number of rotatable bonds is 3. The molecule has 0 aromatic carbocycles. The first-order chi connectivity index (χ1) is 11.9. The van der Waals surface area contributed by atoms with E-state index in [4.69, 9.17) is 5.10 Å². The SMILES string of the molecule is c1csc(-c2cnc3nc(N4CCCC4)nn3c2-c2nccs2)c1. The second-order valence-electron chi connectivity index (χ2n) is 5.65. The van der Waals surface area contributed by atoms with Crippen LogP contribution in [-0.4, -0.2) is 37.7 Å². The molecule has 0 bridgehead atoms. The molecule has 8 heteroatoms. The largest absolute Gasteiger partial charge is 0.339 e. The number of hydrogen-bond donors (Lipinski definition) is 0. The van der Waals surface area contributed by atoms with Crippen molar-refractivity contribution >= 4 is 34.4 Å². The fourth-order valence-corrected chi connectivity index (χ4v) is 4.45. The van der Waals surface area contributed by atoms with Gasteiger partial charge in [0.25, 0.3) is 5.78 Å². The first kappa shape index (κ1) is 14.1. The van der Waals surface area contributed by atoms with Gasteiger partial charge < -0.3 is 4.90 Å². The van der Waals surface area contributed by atoms with Gasteiger partial charge in [-0.2, -0.15) is 9.50 Å². The Balaban J connectivity index is 1.76. The Hall–Kier alpha value is -2.32. The molecular weight excluding hydrogens is 340 g/mol. The van der Waals surface area contributed by atoms with Gasteiger partial charge in [-0.1, -0.05) is 6.07 Å². The standard InChI is InChI=1S/C16H14N6S2/c1-2-7-21(6-1)16-19-15-18-10-11(12-4-3-8-23-12)13(22(15)20-16)14-17-5-9-24-14/h3-5,8-10H,1-2,6-7H2. The maximum atomic E-state index is 4.76. The number of thiophene rings is 1. The predicted octanol–water partition coefficient (Wildman–Crippen LogP) is 3.58. The fraction of sp³-hybridized carbons (Fsp3) is 0.250. The molecule has 0 atom stereocenters. The van der Waals surface area contributed by atoms with Crippen molar-refractivity contribution in [3.8, 4) is 21.1 Å². The minimum absolute atomic E-state index is 0.627. The second kappa shape index (κ2) is 5.64. The third kappa shape index (κ3) is 2.22. The number of thiazole rings is 1.